The molecule has 0 saturated heterocycles. The summed E-state index contributed by atoms with van der Waals surface area (Å²) in [6.45, 7) is 6.90. The first kappa shape index (κ1) is 17.6. The SMILES string of the molecule is COC(=O)C(C)(C)C(=O)CN(C)CC(=O)NC(C)C. The first-order valence-corrected chi connectivity index (χ1v) is 6.20. The molecule has 0 spiro atoms. The number of hydrogen-bond donors (Lipinski definition) is 1. The van der Waals surface area contributed by atoms with E-state index >= 15 is 0 Å². The number of carbonyl (C=O) groups is 3. The quantitative estimate of drug-likeness (QED) is 0.529. The van der Waals surface area contributed by atoms with Gasteiger partial charge < -0.3 is 10.1 Å². The van der Waals surface area contributed by atoms with Crippen LogP contribution < -0.4 is 5.32 Å². The fourth-order valence-electron chi connectivity index (χ4n) is 1.48. The van der Waals surface area contributed by atoms with Crippen LogP contribution in [0, 0.1) is 5.41 Å². The van der Waals surface area contributed by atoms with E-state index in [1.54, 1.807) is 11.9 Å². The molecule has 0 aliphatic rings. The molecule has 0 aliphatic carbocycles. The average molecular weight is 272 g/mol. The van der Waals surface area contributed by atoms with Crippen LogP contribution in [0.4, 0.5) is 0 Å². The van der Waals surface area contributed by atoms with E-state index in [1.165, 1.54) is 21.0 Å². The lowest BCUT2D eigenvalue weighted by Gasteiger charge is -2.23. The van der Waals surface area contributed by atoms with Gasteiger partial charge in [0.25, 0.3) is 0 Å². The first-order chi connectivity index (χ1) is 8.61. The molecule has 1 N–H and O–H groups in total. The Morgan fingerprint density at radius 3 is 2.16 bits per heavy atom. The van der Waals surface area contributed by atoms with Gasteiger partial charge in [-0.25, -0.2) is 0 Å². The summed E-state index contributed by atoms with van der Waals surface area (Å²) in [4.78, 5) is 36.6. The van der Waals surface area contributed by atoms with Crippen molar-refractivity contribution in [2.75, 3.05) is 27.2 Å². The van der Waals surface area contributed by atoms with E-state index in [1.807, 2.05) is 13.8 Å². The second-order valence-corrected chi connectivity index (χ2v) is 5.43. The molecule has 0 aromatic heterocycles. The lowest BCUT2D eigenvalue weighted by Crippen LogP contribution is -2.44. The molecule has 1 amide bonds. The van der Waals surface area contributed by atoms with Gasteiger partial charge in [0, 0.05) is 6.04 Å². The third-order valence-electron chi connectivity index (χ3n) is 2.67. The van der Waals surface area contributed by atoms with Gasteiger partial charge in [0.15, 0.2) is 5.78 Å². The van der Waals surface area contributed by atoms with Crippen molar-refractivity contribution < 1.29 is 19.1 Å². The summed E-state index contributed by atoms with van der Waals surface area (Å²) in [5.74, 6) is -1.00. The molecule has 0 radical (unpaired) electrons. The Morgan fingerprint density at radius 1 is 1.21 bits per heavy atom. The van der Waals surface area contributed by atoms with Crippen molar-refractivity contribution in [2.45, 2.75) is 33.7 Å². The van der Waals surface area contributed by atoms with Crippen LogP contribution in [0.25, 0.3) is 0 Å². The highest BCUT2D eigenvalue weighted by molar-refractivity contribution is 6.03. The van der Waals surface area contributed by atoms with E-state index in [0.717, 1.165) is 0 Å². The summed E-state index contributed by atoms with van der Waals surface area (Å²) < 4.78 is 4.59. The monoisotopic (exact) mass is 272 g/mol. The van der Waals surface area contributed by atoms with E-state index in [-0.39, 0.29) is 30.8 Å². The second kappa shape index (κ2) is 7.23. The van der Waals surface area contributed by atoms with Crippen molar-refractivity contribution in [3.05, 3.63) is 0 Å². The van der Waals surface area contributed by atoms with Crippen molar-refractivity contribution in [1.82, 2.24) is 10.2 Å². The Labute approximate surface area is 114 Å². The van der Waals surface area contributed by atoms with Crippen LogP contribution >= 0.6 is 0 Å². The number of esters is 1. The Balaban J connectivity index is 4.41. The summed E-state index contributed by atoms with van der Waals surface area (Å²) in [5, 5.41) is 2.74. The van der Waals surface area contributed by atoms with Crippen LogP contribution in [0.2, 0.25) is 0 Å². The molecular formula is C13H24N2O4. The fourth-order valence-corrected chi connectivity index (χ4v) is 1.48. The molecule has 0 heterocycles. The molecule has 0 fully saturated rings. The van der Waals surface area contributed by atoms with E-state index in [4.69, 9.17) is 0 Å². The number of likely N-dealkylation sites (N-methyl/N-ethyl adjacent to an activating group) is 1. The maximum Gasteiger partial charge on any atom is 0.318 e. The summed E-state index contributed by atoms with van der Waals surface area (Å²) in [6.07, 6.45) is 0. The van der Waals surface area contributed by atoms with Crippen molar-refractivity contribution in [2.24, 2.45) is 5.41 Å². The molecule has 0 atom stereocenters. The predicted molar refractivity (Wildman–Crippen MR) is 71.6 cm³/mol. The molecule has 0 unspecified atom stereocenters. The average Bonchev–Trinajstić information content (AvgIpc) is 2.25. The van der Waals surface area contributed by atoms with Crippen LogP contribution in [-0.4, -0.2) is 55.8 Å². The summed E-state index contributed by atoms with van der Waals surface area (Å²) in [5.41, 5.74) is -1.20. The number of methoxy groups -OCH3 is 1. The van der Waals surface area contributed by atoms with Gasteiger partial charge in [0.2, 0.25) is 5.91 Å². The number of hydrogen-bond acceptors (Lipinski definition) is 5. The standard InChI is InChI=1S/C13H24N2O4/c1-9(2)14-11(17)8-15(5)7-10(16)13(3,4)12(18)19-6/h9H,7-8H2,1-6H3,(H,14,17). The molecule has 110 valence electrons. The van der Waals surface area contributed by atoms with Gasteiger partial charge in [-0.1, -0.05) is 0 Å². The molecule has 0 aromatic carbocycles. The van der Waals surface area contributed by atoms with E-state index in [9.17, 15) is 14.4 Å². The maximum atomic E-state index is 12.0. The van der Waals surface area contributed by atoms with Crippen LogP contribution in [0.15, 0.2) is 0 Å². The summed E-state index contributed by atoms with van der Waals surface area (Å²) in [7, 11) is 2.91. The van der Waals surface area contributed by atoms with Crippen LogP contribution in [0.3, 0.4) is 0 Å². The third kappa shape index (κ3) is 5.83. The minimum Gasteiger partial charge on any atom is -0.468 e. The van der Waals surface area contributed by atoms with E-state index < -0.39 is 11.4 Å². The molecule has 0 saturated carbocycles. The fraction of sp³-hybridized carbons (Fsp3) is 0.769. The van der Waals surface area contributed by atoms with Crippen LogP contribution in [-0.2, 0) is 19.1 Å². The molecule has 19 heavy (non-hydrogen) atoms. The Morgan fingerprint density at radius 2 is 1.74 bits per heavy atom. The zero-order valence-corrected chi connectivity index (χ0v) is 12.6. The number of ketones is 1. The highest BCUT2D eigenvalue weighted by Crippen LogP contribution is 2.18. The Bertz CT molecular complexity index is 351. The van der Waals surface area contributed by atoms with Crippen LogP contribution in [0.5, 0.6) is 0 Å². The van der Waals surface area contributed by atoms with Gasteiger partial charge in [-0.3, -0.25) is 19.3 Å². The minimum atomic E-state index is -1.20. The van der Waals surface area contributed by atoms with Crippen molar-refractivity contribution in [3.63, 3.8) is 0 Å². The molecule has 0 bridgehead atoms. The lowest BCUT2D eigenvalue weighted by atomic mass is 9.88. The second-order valence-electron chi connectivity index (χ2n) is 5.43. The molecule has 0 aromatic rings. The van der Waals surface area contributed by atoms with Crippen molar-refractivity contribution in [1.29, 1.82) is 0 Å². The lowest BCUT2D eigenvalue weighted by molar-refractivity contribution is -0.155. The normalized spacial score (nSPS) is 11.6. The molecule has 0 rings (SSSR count). The zero-order chi connectivity index (χ0) is 15.2. The van der Waals surface area contributed by atoms with Gasteiger partial charge in [0.1, 0.15) is 5.41 Å². The Kier molecular flexibility index (Phi) is 6.69. The first-order valence-electron chi connectivity index (χ1n) is 6.20. The van der Waals surface area contributed by atoms with Gasteiger partial charge in [-0.2, -0.15) is 0 Å². The summed E-state index contributed by atoms with van der Waals surface area (Å²) >= 11 is 0. The third-order valence-corrected chi connectivity index (χ3v) is 2.67. The summed E-state index contributed by atoms with van der Waals surface area (Å²) in [6, 6.07) is 0.0584. The molecule has 6 nitrogen and oxygen atoms in total. The number of Topliss-reactive ketones (excluding diaryl/α,β-unsaturated/α-hetero) is 1. The van der Waals surface area contributed by atoms with Gasteiger partial charge in [-0.15, -0.1) is 0 Å². The number of carbonyl (C=O) groups excluding carboxylic acids is 3. The van der Waals surface area contributed by atoms with E-state index in [2.05, 4.69) is 10.1 Å². The van der Waals surface area contributed by atoms with Crippen molar-refractivity contribution >= 4 is 17.7 Å². The molecule has 6 heteroatoms. The topological polar surface area (TPSA) is 75.7 Å². The van der Waals surface area contributed by atoms with Crippen LogP contribution in [0.1, 0.15) is 27.7 Å². The largest absolute Gasteiger partial charge is 0.468 e. The van der Waals surface area contributed by atoms with Gasteiger partial charge in [0.05, 0.1) is 20.2 Å². The minimum absolute atomic E-state index is 0.0214. The molecule has 0 aliphatic heterocycles. The molecular weight excluding hydrogens is 248 g/mol. The van der Waals surface area contributed by atoms with Gasteiger partial charge >= 0.3 is 5.97 Å². The number of rotatable bonds is 7. The number of nitrogens with zero attached hydrogens (tertiary/aromatic N) is 1. The Hall–Kier alpha value is -1.43. The van der Waals surface area contributed by atoms with Gasteiger partial charge in [-0.05, 0) is 34.7 Å². The predicted octanol–water partition coefficient (Wildman–Crippen LogP) is 0.211. The zero-order valence-electron chi connectivity index (χ0n) is 12.6. The number of nitrogens with one attached hydrogen (secondary N) is 1. The smallest absolute Gasteiger partial charge is 0.318 e. The highest BCUT2D eigenvalue weighted by atomic mass is 16.5. The number of ether oxygens (including phenoxy) is 1. The highest BCUT2D eigenvalue weighted by Gasteiger charge is 2.37. The number of amides is 1. The maximum absolute atomic E-state index is 12.0. The van der Waals surface area contributed by atoms with E-state index in [0.29, 0.717) is 0 Å². The van der Waals surface area contributed by atoms with Crippen molar-refractivity contribution in [3.8, 4) is 0 Å².